The van der Waals surface area contributed by atoms with Crippen molar-refractivity contribution in [3.63, 3.8) is 0 Å². The van der Waals surface area contributed by atoms with E-state index in [9.17, 15) is 13.6 Å². The van der Waals surface area contributed by atoms with E-state index in [0.717, 1.165) is 10.8 Å². The lowest BCUT2D eigenvalue weighted by molar-refractivity contribution is 0.0225. The summed E-state index contributed by atoms with van der Waals surface area (Å²) in [6, 6.07) is 16.1. The SMILES string of the molecule is CC(F)(F)C(=O)c1c2ccccc2cc2ccccc12. The minimum atomic E-state index is -3.38. The van der Waals surface area contributed by atoms with Gasteiger partial charge in [0, 0.05) is 12.5 Å². The summed E-state index contributed by atoms with van der Waals surface area (Å²) in [5, 5.41) is 2.72. The molecule has 0 radical (unpaired) electrons. The predicted octanol–water partition coefficient (Wildman–Crippen LogP) is 4.83. The van der Waals surface area contributed by atoms with Crippen LogP contribution in [0.1, 0.15) is 17.3 Å². The molecular formula is C17H12F2O. The molecule has 0 heterocycles. The molecule has 0 N–H and O–H groups in total. The van der Waals surface area contributed by atoms with Crippen molar-refractivity contribution in [3.8, 4) is 0 Å². The van der Waals surface area contributed by atoms with Crippen LogP contribution in [0.5, 0.6) is 0 Å². The summed E-state index contributed by atoms with van der Waals surface area (Å²) in [5.41, 5.74) is 0.103. The van der Waals surface area contributed by atoms with Gasteiger partial charge in [-0.15, -0.1) is 0 Å². The van der Waals surface area contributed by atoms with Crippen molar-refractivity contribution in [3.05, 3.63) is 60.2 Å². The molecule has 0 aromatic heterocycles. The maximum atomic E-state index is 13.5. The lowest BCUT2D eigenvalue weighted by Gasteiger charge is -2.14. The van der Waals surface area contributed by atoms with Gasteiger partial charge in [-0.3, -0.25) is 4.79 Å². The molecule has 3 heteroatoms. The summed E-state index contributed by atoms with van der Waals surface area (Å²) >= 11 is 0. The van der Waals surface area contributed by atoms with Gasteiger partial charge in [-0.2, -0.15) is 8.78 Å². The number of hydrogen-bond acceptors (Lipinski definition) is 1. The number of halogens is 2. The number of alkyl halides is 2. The second-order valence-corrected chi connectivity index (χ2v) is 4.91. The van der Waals surface area contributed by atoms with Crippen LogP contribution in [0, 0.1) is 0 Å². The number of ketones is 1. The smallest absolute Gasteiger partial charge is 0.287 e. The summed E-state index contributed by atoms with van der Waals surface area (Å²) < 4.78 is 27.0. The zero-order chi connectivity index (χ0) is 14.3. The van der Waals surface area contributed by atoms with Crippen molar-refractivity contribution in [2.75, 3.05) is 0 Å². The third kappa shape index (κ3) is 1.95. The first kappa shape index (κ1) is 12.7. The number of fused-ring (bicyclic) bond motifs is 2. The first-order chi connectivity index (χ1) is 9.48. The number of rotatable bonds is 2. The van der Waals surface area contributed by atoms with Crippen LogP contribution < -0.4 is 0 Å². The van der Waals surface area contributed by atoms with Gasteiger partial charge in [0.25, 0.3) is 0 Å². The molecule has 0 saturated heterocycles. The largest absolute Gasteiger partial charge is 0.307 e. The van der Waals surface area contributed by atoms with Crippen molar-refractivity contribution in [1.82, 2.24) is 0 Å². The molecule has 0 aliphatic rings. The van der Waals surface area contributed by atoms with E-state index >= 15 is 0 Å². The zero-order valence-corrected chi connectivity index (χ0v) is 10.9. The minimum Gasteiger partial charge on any atom is -0.287 e. The van der Waals surface area contributed by atoms with Crippen molar-refractivity contribution >= 4 is 27.3 Å². The molecule has 20 heavy (non-hydrogen) atoms. The first-order valence-corrected chi connectivity index (χ1v) is 6.31. The van der Waals surface area contributed by atoms with Gasteiger partial charge in [0.15, 0.2) is 0 Å². The molecular weight excluding hydrogens is 258 g/mol. The third-order valence-corrected chi connectivity index (χ3v) is 3.40. The zero-order valence-electron chi connectivity index (χ0n) is 10.9. The molecule has 3 aromatic carbocycles. The van der Waals surface area contributed by atoms with Crippen molar-refractivity contribution in [2.45, 2.75) is 12.8 Å². The average Bonchev–Trinajstić information content (AvgIpc) is 2.43. The van der Waals surface area contributed by atoms with Crippen LogP contribution in [0.4, 0.5) is 8.78 Å². The van der Waals surface area contributed by atoms with Gasteiger partial charge in [0.2, 0.25) is 5.78 Å². The number of hydrogen-bond donors (Lipinski definition) is 0. The normalized spacial score (nSPS) is 11.9. The molecule has 3 rings (SSSR count). The molecule has 0 amide bonds. The molecule has 0 bridgehead atoms. The fraction of sp³-hybridized carbons (Fsp3) is 0.118. The van der Waals surface area contributed by atoms with Gasteiger partial charge in [0.05, 0.1) is 0 Å². The van der Waals surface area contributed by atoms with Crippen LogP contribution in [0.15, 0.2) is 54.6 Å². The van der Waals surface area contributed by atoms with Crippen LogP contribution >= 0.6 is 0 Å². The third-order valence-electron chi connectivity index (χ3n) is 3.40. The highest BCUT2D eigenvalue weighted by Crippen LogP contribution is 2.32. The fourth-order valence-corrected chi connectivity index (χ4v) is 2.48. The Kier molecular flexibility index (Phi) is 2.78. The predicted molar refractivity (Wildman–Crippen MR) is 76.4 cm³/mol. The molecule has 0 fully saturated rings. The van der Waals surface area contributed by atoms with Gasteiger partial charge in [-0.1, -0.05) is 48.5 Å². The van der Waals surface area contributed by atoms with E-state index in [1.54, 1.807) is 24.3 Å². The highest BCUT2D eigenvalue weighted by Gasteiger charge is 2.35. The highest BCUT2D eigenvalue weighted by atomic mass is 19.3. The van der Waals surface area contributed by atoms with E-state index in [1.165, 1.54) is 0 Å². The van der Waals surface area contributed by atoms with Gasteiger partial charge in [-0.25, -0.2) is 0 Å². The topological polar surface area (TPSA) is 17.1 Å². The van der Waals surface area contributed by atoms with E-state index in [-0.39, 0.29) is 5.56 Å². The Bertz CT molecular complexity index is 762. The Labute approximate surface area is 114 Å². The lowest BCUT2D eigenvalue weighted by Crippen LogP contribution is -2.24. The first-order valence-electron chi connectivity index (χ1n) is 6.31. The molecule has 0 spiro atoms. The maximum absolute atomic E-state index is 13.5. The number of Topliss-reactive ketones (excluding diaryl/α,β-unsaturated/α-hetero) is 1. The van der Waals surface area contributed by atoms with Crippen LogP contribution in [-0.4, -0.2) is 11.7 Å². The summed E-state index contributed by atoms with van der Waals surface area (Å²) in [4.78, 5) is 12.1. The maximum Gasteiger partial charge on any atom is 0.307 e. The van der Waals surface area contributed by atoms with E-state index in [0.29, 0.717) is 17.7 Å². The Morgan fingerprint density at radius 3 is 1.80 bits per heavy atom. The van der Waals surface area contributed by atoms with Gasteiger partial charge in [-0.05, 0) is 27.6 Å². The molecule has 0 aliphatic heterocycles. The Hall–Kier alpha value is -2.29. The van der Waals surface area contributed by atoms with Crippen molar-refractivity contribution in [2.24, 2.45) is 0 Å². The van der Waals surface area contributed by atoms with Crippen LogP contribution in [0.2, 0.25) is 0 Å². The number of carbonyl (C=O) groups excluding carboxylic acids is 1. The van der Waals surface area contributed by atoms with Crippen LogP contribution in [0.25, 0.3) is 21.5 Å². The molecule has 0 atom stereocenters. The second kappa shape index (κ2) is 4.37. The Morgan fingerprint density at radius 2 is 1.35 bits per heavy atom. The highest BCUT2D eigenvalue weighted by molar-refractivity contribution is 6.20. The molecule has 100 valence electrons. The average molecular weight is 270 g/mol. The number of benzene rings is 3. The van der Waals surface area contributed by atoms with Crippen molar-refractivity contribution < 1.29 is 13.6 Å². The Balaban J connectivity index is 2.49. The van der Waals surface area contributed by atoms with Crippen LogP contribution in [-0.2, 0) is 0 Å². The quantitative estimate of drug-likeness (QED) is 0.481. The summed E-state index contributed by atoms with van der Waals surface area (Å²) in [5.74, 6) is -4.52. The standard InChI is InChI=1S/C17H12F2O/c1-17(18,19)16(20)15-13-8-4-2-6-11(13)10-12-7-3-5-9-14(12)15/h2-10H,1H3. The summed E-state index contributed by atoms with van der Waals surface area (Å²) in [6.07, 6.45) is 0. The van der Waals surface area contributed by atoms with E-state index in [2.05, 4.69) is 0 Å². The lowest BCUT2D eigenvalue weighted by atomic mass is 9.92. The molecule has 1 nitrogen and oxygen atoms in total. The molecule has 0 unspecified atom stereocenters. The van der Waals surface area contributed by atoms with Crippen LogP contribution in [0.3, 0.4) is 0 Å². The van der Waals surface area contributed by atoms with E-state index in [4.69, 9.17) is 0 Å². The van der Waals surface area contributed by atoms with Gasteiger partial charge < -0.3 is 0 Å². The Morgan fingerprint density at radius 1 is 0.900 bits per heavy atom. The van der Waals surface area contributed by atoms with Gasteiger partial charge >= 0.3 is 5.92 Å². The van der Waals surface area contributed by atoms with E-state index < -0.39 is 11.7 Å². The van der Waals surface area contributed by atoms with Crippen molar-refractivity contribution in [1.29, 1.82) is 0 Å². The summed E-state index contributed by atoms with van der Waals surface area (Å²) in [7, 11) is 0. The molecule has 3 aromatic rings. The van der Waals surface area contributed by atoms with Gasteiger partial charge in [0.1, 0.15) is 0 Å². The fourth-order valence-electron chi connectivity index (χ4n) is 2.48. The summed E-state index contributed by atoms with van der Waals surface area (Å²) in [6.45, 7) is 0.645. The monoisotopic (exact) mass is 270 g/mol. The van der Waals surface area contributed by atoms with E-state index in [1.807, 2.05) is 30.3 Å². The molecule has 0 aliphatic carbocycles. The molecule has 0 saturated carbocycles. The second-order valence-electron chi connectivity index (χ2n) is 4.91. The number of carbonyl (C=O) groups is 1. The minimum absolute atomic E-state index is 0.103.